The van der Waals surface area contributed by atoms with E-state index in [-0.39, 0.29) is 11.6 Å². The van der Waals surface area contributed by atoms with Gasteiger partial charge >= 0.3 is 0 Å². The highest BCUT2D eigenvalue weighted by atomic mass is 35.5. The molecule has 1 heterocycles. The molecule has 0 aliphatic heterocycles. The number of aromatic nitrogens is 2. The fourth-order valence-corrected chi connectivity index (χ4v) is 1.63. The van der Waals surface area contributed by atoms with Gasteiger partial charge in [-0.05, 0) is 36.8 Å². The van der Waals surface area contributed by atoms with Crippen LogP contribution in [0.15, 0.2) is 30.3 Å². The van der Waals surface area contributed by atoms with Gasteiger partial charge in [-0.15, -0.1) is 10.2 Å². The molecule has 0 fully saturated rings. The first-order valence-corrected chi connectivity index (χ1v) is 6.07. The fourth-order valence-electron chi connectivity index (χ4n) is 1.45. The topological polar surface area (TPSA) is 66.9 Å². The zero-order valence-electron chi connectivity index (χ0n) is 10.6. The second kappa shape index (κ2) is 5.67. The average molecular weight is 277 g/mol. The Morgan fingerprint density at radius 1 is 1.21 bits per heavy atom. The van der Waals surface area contributed by atoms with E-state index in [2.05, 4.69) is 20.8 Å². The number of rotatable bonds is 3. The number of nitrogens with zero attached hydrogens (tertiary/aromatic N) is 2. The van der Waals surface area contributed by atoms with Crippen molar-refractivity contribution in [2.75, 3.05) is 17.7 Å². The molecule has 2 aromatic rings. The average Bonchev–Trinajstić information content (AvgIpc) is 2.43. The van der Waals surface area contributed by atoms with Gasteiger partial charge in [-0.2, -0.15) is 0 Å². The fraction of sp³-hybridized carbons (Fsp3) is 0.154. The summed E-state index contributed by atoms with van der Waals surface area (Å²) in [4.78, 5) is 11.9. The summed E-state index contributed by atoms with van der Waals surface area (Å²) in [5.74, 6) is 0.282. The van der Waals surface area contributed by atoms with Crippen molar-refractivity contribution >= 4 is 29.0 Å². The van der Waals surface area contributed by atoms with Gasteiger partial charge in [0.15, 0.2) is 5.69 Å². The number of carbonyl (C=O) groups excluding carboxylic acids is 1. The van der Waals surface area contributed by atoms with Gasteiger partial charge in [0.05, 0.1) is 0 Å². The Balaban J connectivity index is 2.13. The maximum Gasteiger partial charge on any atom is 0.276 e. The standard InChI is InChI=1S/C13H13ClN4O/c1-8-3-4-9(7-10(8)14)16-13(19)11-5-6-12(15-2)18-17-11/h3-7H,1-2H3,(H,15,18)(H,16,19). The Morgan fingerprint density at radius 3 is 2.58 bits per heavy atom. The first kappa shape index (κ1) is 13.3. The summed E-state index contributed by atoms with van der Waals surface area (Å²) in [6.07, 6.45) is 0. The molecule has 0 saturated carbocycles. The molecule has 0 aliphatic rings. The van der Waals surface area contributed by atoms with E-state index >= 15 is 0 Å². The Kier molecular flexibility index (Phi) is 3.97. The van der Waals surface area contributed by atoms with Crippen LogP contribution in [0.4, 0.5) is 11.5 Å². The molecule has 19 heavy (non-hydrogen) atoms. The molecule has 0 aliphatic carbocycles. The quantitative estimate of drug-likeness (QED) is 0.905. The molecule has 1 aromatic heterocycles. The molecule has 2 N–H and O–H groups in total. The van der Waals surface area contributed by atoms with E-state index in [0.29, 0.717) is 16.5 Å². The van der Waals surface area contributed by atoms with Crippen molar-refractivity contribution in [2.45, 2.75) is 6.92 Å². The molecule has 6 heteroatoms. The predicted octanol–water partition coefficient (Wildman–Crippen LogP) is 2.73. The smallest absolute Gasteiger partial charge is 0.276 e. The van der Waals surface area contributed by atoms with Gasteiger partial charge in [0.2, 0.25) is 0 Å². The summed E-state index contributed by atoms with van der Waals surface area (Å²) in [5.41, 5.74) is 1.83. The van der Waals surface area contributed by atoms with Crippen LogP contribution in [0.3, 0.4) is 0 Å². The molecule has 1 aromatic carbocycles. The molecule has 0 atom stereocenters. The SMILES string of the molecule is CNc1ccc(C(=O)Nc2ccc(C)c(Cl)c2)nn1. The van der Waals surface area contributed by atoms with E-state index < -0.39 is 0 Å². The van der Waals surface area contributed by atoms with Gasteiger partial charge in [-0.1, -0.05) is 17.7 Å². The van der Waals surface area contributed by atoms with Gasteiger partial charge in [-0.3, -0.25) is 4.79 Å². The van der Waals surface area contributed by atoms with E-state index in [9.17, 15) is 4.79 Å². The Morgan fingerprint density at radius 2 is 2.00 bits per heavy atom. The number of anilines is 2. The van der Waals surface area contributed by atoms with Gasteiger partial charge < -0.3 is 10.6 Å². The van der Waals surface area contributed by atoms with Crippen molar-refractivity contribution in [3.63, 3.8) is 0 Å². The van der Waals surface area contributed by atoms with Gasteiger partial charge in [0.25, 0.3) is 5.91 Å². The lowest BCUT2D eigenvalue weighted by Crippen LogP contribution is -2.14. The van der Waals surface area contributed by atoms with Crippen molar-refractivity contribution < 1.29 is 4.79 Å². The van der Waals surface area contributed by atoms with E-state index in [1.165, 1.54) is 0 Å². The monoisotopic (exact) mass is 276 g/mol. The third kappa shape index (κ3) is 3.20. The first-order chi connectivity index (χ1) is 9.10. The molecule has 5 nitrogen and oxygen atoms in total. The number of halogens is 1. The van der Waals surface area contributed by atoms with Crippen molar-refractivity contribution in [1.82, 2.24) is 10.2 Å². The number of hydrogen-bond acceptors (Lipinski definition) is 4. The van der Waals surface area contributed by atoms with E-state index in [0.717, 1.165) is 5.56 Å². The second-order valence-corrected chi connectivity index (χ2v) is 4.38. The highest BCUT2D eigenvalue weighted by Gasteiger charge is 2.09. The lowest BCUT2D eigenvalue weighted by atomic mass is 10.2. The largest absolute Gasteiger partial charge is 0.372 e. The Bertz CT molecular complexity index is 598. The summed E-state index contributed by atoms with van der Waals surface area (Å²) >= 11 is 6.00. The molecule has 98 valence electrons. The molecule has 2 rings (SSSR count). The van der Waals surface area contributed by atoms with Crippen LogP contribution >= 0.6 is 11.6 Å². The lowest BCUT2D eigenvalue weighted by molar-refractivity contribution is 0.102. The van der Waals surface area contributed by atoms with Crippen LogP contribution in [0.25, 0.3) is 0 Å². The zero-order valence-corrected chi connectivity index (χ0v) is 11.3. The number of nitrogens with one attached hydrogen (secondary N) is 2. The van der Waals surface area contributed by atoms with Crippen LogP contribution in [0.2, 0.25) is 5.02 Å². The maximum atomic E-state index is 11.9. The third-order valence-electron chi connectivity index (χ3n) is 2.58. The molecular weight excluding hydrogens is 264 g/mol. The number of carbonyl (C=O) groups is 1. The van der Waals surface area contributed by atoms with Crippen molar-refractivity contribution in [3.8, 4) is 0 Å². The minimum absolute atomic E-state index is 0.246. The van der Waals surface area contributed by atoms with Crippen LogP contribution in [0, 0.1) is 6.92 Å². The van der Waals surface area contributed by atoms with Crippen LogP contribution < -0.4 is 10.6 Å². The molecule has 0 bridgehead atoms. The van der Waals surface area contributed by atoms with Crippen molar-refractivity contribution in [1.29, 1.82) is 0 Å². The van der Waals surface area contributed by atoms with E-state index in [1.807, 2.05) is 13.0 Å². The molecule has 0 spiro atoms. The summed E-state index contributed by atoms with van der Waals surface area (Å²) < 4.78 is 0. The summed E-state index contributed by atoms with van der Waals surface area (Å²) in [7, 11) is 1.73. The van der Waals surface area contributed by atoms with Gasteiger partial charge in [-0.25, -0.2) is 0 Å². The number of aryl methyl sites for hydroxylation is 1. The molecule has 0 saturated heterocycles. The maximum absolute atomic E-state index is 11.9. The normalized spacial score (nSPS) is 10.1. The third-order valence-corrected chi connectivity index (χ3v) is 2.99. The minimum Gasteiger partial charge on any atom is -0.372 e. The highest BCUT2D eigenvalue weighted by molar-refractivity contribution is 6.31. The van der Waals surface area contributed by atoms with Crippen molar-refractivity contribution in [2.24, 2.45) is 0 Å². The van der Waals surface area contributed by atoms with Gasteiger partial charge in [0, 0.05) is 17.8 Å². The Labute approximate surface area is 116 Å². The number of amides is 1. The predicted molar refractivity (Wildman–Crippen MR) is 75.7 cm³/mol. The van der Waals surface area contributed by atoms with Crippen LogP contribution in [0.5, 0.6) is 0 Å². The minimum atomic E-state index is -0.324. The second-order valence-electron chi connectivity index (χ2n) is 3.97. The lowest BCUT2D eigenvalue weighted by Gasteiger charge is -2.06. The van der Waals surface area contributed by atoms with Crippen LogP contribution in [-0.2, 0) is 0 Å². The molecule has 0 unspecified atom stereocenters. The summed E-state index contributed by atoms with van der Waals surface area (Å²) in [5, 5.41) is 13.8. The van der Waals surface area contributed by atoms with Crippen LogP contribution in [-0.4, -0.2) is 23.2 Å². The van der Waals surface area contributed by atoms with E-state index in [4.69, 9.17) is 11.6 Å². The number of hydrogen-bond donors (Lipinski definition) is 2. The molecule has 0 radical (unpaired) electrons. The molecular formula is C13H13ClN4O. The van der Waals surface area contributed by atoms with Crippen molar-refractivity contribution in [3.05, 3.63) is 46.6 Å². The summed E-state index contributed by atoms with van der Waals surface area (Å²) in [6, 6.07) is 8.61. The summed E-state index contributed by atoms with van der Waals surface area (Å²) in [6.45, 7) is 1.90. The molecule has 1 amide bonds. The Hall–Kier alpha value is -2.14. The van der Waals surface area contributed by atoms with Crippen LogP contribution in [0.1, 0.15) is 16.1 Å². The zero-order chi connectivity index (χ0) is 13.8. The highest BCUT2D eigenvalue weighted by Crippen LogP contribution is 2.20. The number of benzene rings is 1. The first-order valence-electron chi connectivity index (χ1n) is 5.69. The van der Waals surface area contributed by atoms with Gasteiger partial charge in [0.1, 0.15) is 5.82 Å². The van der Waals surface area contributed by atoms with E-state index in [1.54, 1.807) is 31.3 Å².